The van der Waals surface area contributed by atoms with Crippen molar-refractivity contribution in [2.75, 3.05) is 4.90 Å². The second-order valence-electron chi connectivity index (χ2n) is 7.32. The summed E-state index contributed by atoms with van der Waals surface area (Å²) in [5.74, 6) is -1.76. The zero-order chi connectivity index (χ0) is 23.7. The molecule has 3 heterocycles. The molecule has 1 fully saturated rings. The van der Waals surface area contributed by atoms with Crippen molar-refractivity contribution >= 4 is 57.0 Å². The van der Waals surface area contributed by atoms with Gasteiger partial charge in [0.15, 0.2) is 4.34 Å². The van der Waals surface area contributed by atoms with Crippen LogP contribution in [0.5, 0.6) is 0 Å². The summed E-state index contributed by atoms with van der Waals surface area (Å²) in [4.78, 5) is 28.2. The van der Waals surface area contributed by atoms with Crippen molar-refractivity contribution in [3.05, 3.63) is 99.5 Å². The van der Waals surface area contributed by atoms with E-state index in [1.165, 1.54) is 63.6 Å². The summed E-state index contributed by atoms with van der Waals surface area (Å²) in [6.07, 6.45) is 0. The van der Waals surface area contributed by atoms with Gasteiger partial charge in [0, 0.05) is 16.2 Å². The fourth-order valence-corrected chi connectivity index (χ4v) is 6.23. The van der Waals surface area contributed by atoms with E-state index >= 15 is 0 Å². The number of Topliss-reactive ketones (excluding diaryl/α,β-unsaturated/α-hetero) is 1. The summed E-state index contributed by atoms with van der Waals surface area (Å²) in [7, 11) is 0. The van der Waals surface area contributed by atoms with Gasteiger partial charge in [-0.25, -0.2) is 4.39 Å². The summed E-state index contributed by atoms with van der Waals surface area (Å²) in [6.45, 7) is 0. The SMILES string of the molecule is O=C1C(=O)N(c2nnc(SCc3ccccc3)s2)C(c2cccs2)/C1=C(/O)c1ccc(F)cc1. The third kappa shape index (κ3) is 4.27. The van der Waals surface area contributed by atoms with E-state index in [4.69, 9.17) is 0 Å². The molecule has 4 aromatic rings. The molecule has 1 unspecified atom stereocenters. The molecule has 1 amide bonds. The minimum Gasteiger partial charge on any atom is -0.507 e. The number of hydrogen-bond acceptors (Lipinski definition) is 8. The number of rotatable bonds is 6. The van der Waals surface area contributed by atoms with Gasteiger partial charge >= 0.3 is 5.91 Å². The Bertz CT molecular complexity index is 1370. The van der Waals surface area contributed by atoms with Crippen LogP contribution in [-0.4, -0.2) is 27.0 Å². The molecule has 1 aliphatic rings. The van der Waals surface area contributed by atoms with Crippen LogP contribution in [0.1, 0.15) is 22.0 Å². The molecule has 2 aromatic heterocycles. The van der Waals surface area contributed by atoms with Crippen LogP contribution in [0.4, 0.5) is 9.52 Å². The fourth-order valence-electron chi connectivity index (χ4n) is 3.59. The van der Waals surface area contributed by atoms with Gasteiger partial charge in [0.2, 0.25) is 5.13 Å². The number of carbonyl (C=O) groups is 2. The van der Waals surface area contributed by atoms with Gasteiger partial charge in [0.05, 0.1) is 5.57 Å². The van der Waals surface area contributed by atoms with Crippen molar-refractivity contribution in [1.29, 1.82) is 0 Å². The predicted octanol–water partition coefficient (Wildman–Crippen LogP) is 5.66. The maximum atomic E-state index is 13.4. The zero-order valence-corrected chi connectivity index (χ0v) is 19.9. The van der Waals surface area contributed by atoms with Crippen LogP contribution in [-0.2, 0) is 15.3 Å². The Morgan fingerprint density at radius 2 is 1.79 bits per heavy atom. The Morgan fingerprint density at radius 3 is 2.50 bits per heavy atom. The third-order valence-electron chi connectivity index (χ3n) is 5.18. The number of benzene rings is 2. The Morgan fingerprint density at radius 1 is 1.03 bits per heavy atom. The maximum absolute atomic E-state index is 13.4. The first-order valence-corrected chi connectivity index (χ1v) is 12.8. The second kappa shape index (κ2) is 9.49. The minimum absolute atomic E-state index is 0.0623. The van der Waals surface area contributed by atoms with Gasteiger partial charge in [-0.2, -0.15) is 0 Å². The molecule has 1 atom stereocenters. The van der Waals surface area contributed by atoms with Crippen molar-refractivity contribution < 1.29 is 19.1 Å². The van der Waals surface area contributed by atoms with Gasteiger partial charge in [0.25, 0.3) is 5.78 Å². The molecule has 1 saturated heterocycles. The monoisotopic (exact) mass is 509 g/mol. The number of thiophene rings is 1. The Kier molecular flexibility index (Phi) is 6.27. The highest BCUT2D eigenvalue weighted by molar-refractivity contribution is 8.00. The highest BCUT2D eigenvalue weighted by Crippen LogP contribution is 2.45. The number of ketones is 1. The van der Waals surface area contributed by atoms with Crippen LogP contribution in [0.25, 0.3) is 5.76 Å². The van der Waals surface area contributed by atoms with Gasteiger partial charge in [0.1, 0.15) is 17.6 Å². The summed E-state index contributed by atoms with van der Waals surface area (Å²) in [5.41, 5.74) is 1.31. The Labute approximate surface area is 206 Å². The summed E-state index contributed by atoms with van der Waals surface area (Å²) in [6, 6.07) is 17.7. The lowest BCUT2D eigenvalue weighted by molar-refractivity contribution is -0.132. The standard InChI is InChI=1S/C24H16FN3O3S3/c25-16-10-8-15(9-11-16)20(29)18-19(17-7-4-12-32-17)28(22(31)21(18)30)23-26-27-24(34-23)33-13-14-5-2-1-3-6-14/h1-12,19,29H,13H2/b20-18-. The molecule has 1 N–H and O–H groups in total. The first kappa shape index (κ1) is 22.5. The molecular formula is C24H16FN3O3S3. The minimum atomic E-state index is -0.857. The van der Waals surface area contributed by atoms with Crippen molar-refractivity contribution in [3.8, 4) is 0 Å². The van der Waals surface area contributed by atoms with E-state index in [9.17, 15) is 19.1 Å². The van der Waals surface area contributed by atoms with Crippen LogP contribution in [0.15, 0.2) is 82.0 Å². The number of aromatic nitrogens is 2. The highest BCUT2D eigenvalue weighted by atomic mass is 32.2. The van der Waals surface area contributed by atoms with Crippen molar-refractivity contribution in [2.45, 2.75) is 16.1 Å². The van der Waals surface area contributed by atoms with Gasteiger partial charge in [-0.15, -0.1) is 21.5 Å². The molecule has 0 bridgehead atoms. The molecule has 6 nitrogen and oxygen atoms in total. The molecule has 1 aliphatic heterocycles. The van der Waals surface area contributed by atoms with Crippen molar-refractivity contribution in [2.24, 2.45) is 0 Å². The molecule has 170 valence electrons. The van der Waals surface area contributed by atoms with Crippen LogP contribution in [0.3, 0.4) is 0 Å². The van der Waals surface area contributed by atoms with Crippen LogP contribution >= 0.6 is 34.4 Å². The van der Waals surface area contributed by atoms with Crippen LogP contribution in [0, 0.1) is 5.82 Å². The lowest BCUT2D eigenvalue weighted by Crippen LogP contribution is -2.29. The molecular weight excluding hydrogens is 493 g/mol. The smallest absolute Gasteiger partial charge is 0.301 e. The molecule has 0 aliphatic carbocycles. The number of aliphatic hydroxyl groups is 1. The molecule has 0 saturated carbocycles. The number of carbonyl (C=O) groups excluding carboxylic acids is 2. The quantitative estimate of drug-likeness (QED) is 0.119. The number of halogens is 1. The molecule has 5 rings (SSSR count). The number of hydrogen-bond donors (Lipinski definition) is 1. The van der Waals surface area contributed by atoms with E-state index in [-0.39, 0.29) is 22.0 Å². The average molecular weight is 510 g/mol. The second-order valence-corrected chi connectivity index (χ2v) is 10.5. The largest absolute Gasteiger partial charge is 0.507 e. The fraction of sp³-hybridized carbons (Fsp3) is 0.0833. The topological polar surface area (TPSA) is 83.4 Å². The van der Waals surface area contributed by atoms with Crippen molar-refractivity contribution in [3.63, 3.8) is 0 Å². The van der Waals surface area contributed by atoms with Gasteiger partial charge in [-0.05, 0) is 41.3 Å². The van der Waals surface area contributed by atoms with Crippen LogP contribution < -0.4 is 4.90 Å². The number of aliphatic hydroxyl groups excluding tert-OH is 1. The van der Waals surface area contributed by atoms with Crippen molar-refractivity contribution in [1.82, 2.24) is 10.2 Å². The normalized spacial score (nSPS) is 17.4. The number of nitrogens with zero attached hydrogens (tertiary/aromatic N) is 3. The van der Waals surface area contributed by atoms with E-state index < -0.39 is 23.5 Å². The van der Waals surface area contributed by atoms with E-state index in [0.717, 1.165) is 5.56 Å². The molecule has 0 radical (unpaired) electrons. The number of amides is 1. The van der Waals surface area contributed by atoms with E-state index in [0.29, 0.717) is 15.0 Å². The van der Waals surface area contributed by atoms with Gasteiger partial charge in [-0.1, -0.05) is 59.5 Å². The lowest BCUT2D eigenvalue weighted by atomic mass is 10.00. The predicted molar refractivity (Wildman–Crippen MR) is 131 cm³/mol. The van der Waals surface area contributed by atoms with E-state index in [1.807, 2.05) is 35.7 Å². The maximum Gasteiger partial charge on any atom is 0.301 e. The first-order chi connectivity index (χ1) is 16.5. The third-order valence-corrected chi connectivity index (χ3v) is 8.23. The molecule has 2 aromatic carbocycles. The summed E-state index contributed by atoms with van der Waals surface area (Å²) >= 11 is 4.05. The first-order valence-electron chi connectivity index (χ1n) is 10.1. The number of thioether (sulfide) groups is 1. The summed E-state index contributed by atoms with van der Waals surface area (Å²) in [5, 5.41) is 21.5. The highest BCUT2D eigenvalue weighted by Gasteiger charge is 2.48. The molecule has 10 heteroatoms. The zero-order valence-electron chi connectivity index (χ0n) is 17.4. The van der Waals surface area contributed by atoms with Crippen LogP contribution in [0.2, 0.25) is 0 Å². The molecule has 34 heavy (non-hydrogen) atoms. The Balaban J connectivity index is 1.51. The summed E-state index contributed by atoms with van der Waals surface area (Å²) < 4.78 is 14.0. The van der Waals surface area contributed by atoms with E-state index in [1.54, 1.807) is 12.1 Å². The molecule has 0 spiro atoms. The number of anilines is 1. The van der Waals surface area contributed by atoms with E-state index in [2.05, 4.69) is 10.2 Å². The van der Waals surface area contributed by atoms with Gasteiger partial charge < -0.3 is 5.11 Å². The van der Waals surface area contributed by atoms with Gasteiger partial charge in [-0.3, -0.25) is 14.5 Å². The average Bonchev–Trinajstić information content (AvgIpc) is 3.59. The lowest BCUT2D eigenvalue weighted by Gasteiger charge is -2.20. The Hall–Kier alpha value is -3.34.